The van der Waals surface area contributed by atoms with Crippen LogP contribution in [0.4, 0.5) is 5.69 Å². The molecule has 2 aromatic rings. The van der Waals surface area contributed by atoms with Crippen LogP contribution in [0.25, 0.3) is 0 Å². The minimum absolute atomic E-state index is 0.157. The molecule has 2 N–H and O–H groups in total. The molecular formula is C14H18N4O3. The van der Waals surface area contributed by atoms with Gasteiger partial charge in [0, 0.05) is 49.8 Å². The van der Waals surface area contributed by atoms with Crippen LogP contribution in [0.3, 0.4) is 0 Å². The maximum absolute atomic E-state index is 12.0. The van der Waals surface area contributed by atoms with Gasteiger partial charge in [-0.25, -0.2) is 4.79 Å². The topological polar surface area (TPSA) is 92.0 Å². The third kappa shape index (κ3) is 3.31. The van der Waals surface area contributed by atoms with E-state index in [0.717, 1.165) is 0 Å². The Bertz CT molecular complexity index is 801. The first kappa shape index (κ1) is 14.8. The standard InChI is InChI=1S/C14H18N4O3/c1-2-16-9-6-13(20)18(14(16)21)8-3-7-17-10-11(15)4-5-12(17)19/h4-6,9-10H,2-3,7-8,15H2,1H3. The second-order valence-electron chi connectivity index (χ2n) is 4.72. The molecule has 0 saturated carbocycles. The Morgan fingerprint density at radius 3 is 2.48 bits per heavy atom. The number of pyridine rings is 1. The quantitative estimate of drug-likeness (QED) is 0.830. The van der Waals surface area contributed by atoms with Gasteiger partial charge in [0.25, 0.3) is 11.1 Å². The molecule has 0 aliphatic rings. The van der Waals surface area contributed by atoms with Gasteiger partial charge in [-0.1, -0.05) is 0 Å². The fourth-order valence-electron chi connectivity index (χ4n) is 2.13. The van der Waals surface area contributed by atoms with Crippen LogP contribution in [0, 0.1) is 0 Å². The highest BCUT2D eigenvalue weighted by Crippen LogP contribution is 1.97. The largest absolute Gasteiger partial charge is 0.398 e. The van der Waals surface area contributed by atoms with Gasteiger partial charge in [-0.3, -0.25) is 14.2 Å². The Morgan fingerprint density at radius 1 is 1.00 bits per heavy atom. The highest BCUT2D eigenvalue weighted by atomic mass is 16.2. The van der Waals surface area contributed by atoms with Crippen LogP contribution in [0.1, 0.15) is 13.3 Å². The van der Waals surface area contributed by atoms with Crippen molar-refractivity contribution in [3.05, 3.63) is 61.8 Å². The van der Waals surface area contributed by atoms with Crippen LogP contribution in [0.15, 0.2) is 45.0 Å². The van der Waals surface area contributed by atoms with Gasteiger partial charge in [-0.2, -0.15) is 0 Å². The van der Waals surface area contributed by atoms with Crippen molar-refractivity contribution in [1.82, 2.24) is 13.7 Å². The molecule has 7 nitrogen and oxygen atoms in total. The Balaban J connectivity index is 2.14. The fourth-order valence-corrected chi connectivity index (χ4v) is 2.13. The number of rotatable bonds is 5. The summed E-state index contributed by atoms with van der Waals surface area (Å²) in [4.78, 5) is 35.4. The summed E-state index contributed by atoms with van der Waals surface area (Å²) in [7, 11) is 0. The lowest BCUT2D eigenvalue weighted by Gasteiger charge is -2.09. The smallest absolute Gasteiger partial charge is 0.330 e. The number of nitrogen functional groups attached to an aromatic ring is 1. The lowest BCUT2D eigenvalue weighted by atomic mass is 10.3. The molecule has 0 aliphatic heterocycles. The molecule has 0 fully saturated rings. The normalized spacial score (nSPS) is 10.7. The van der Waals surface area contributed by atoms with Crippen LogP contribution >= 0.6 is 0 Å². The van der Waals surface area contributed by atoms with E-state index in [1.807, 2.05) is 6.92 Å². The lowest BCUT2D eigenvalue weighted by Crippen LogP contribution is -2.39. The van der Waals surface area contributed by atoms with Crippen molar-refractivity contribution in [2.75, 3.05) is 5.73 Å². The molecule has 0 spiro atoms. The van der Waals surface area contributed by atoms with Gasteiger partial charge in [0.1, 0.15) is 0 Å². The molecule has 0 bridgehead atoms. The van der Waals surface area contributed by atoms with E-state index in [1.165, 1.54) is 32.0 Å². The van der Waals surface area contributed by atoms with Crippen LogP contribution in [0.2, 0.25) is 0 Å². The predicted octanol–water partition coefficient (Wildman–Crippen LogP) is -0.136. The third-order valence-electron chi connectivity index (χ3n) is 3.27. The monoisotopic (exact) mass is 290 g/mol. The molecule has 0 aliphatic carbocycles. The molecule has 0 aromatic carbocycles. The van der Waals surface area contributed by atoms with Crippen molar-refractivity contribution in [2.24, 2.45) is 0 Å². The molecule has 0 saturated heterocycles. The average Bonchev–Trinajstić information content (AvgIpc) is 2.46. The van der Waals surface area contributed by atoms with E-state index in [-0.39, 0.29) is 23.4 Å². The van der Waals surface area contributed by atoms with Gasteiger partial charge in [-0.15, -0.1) is 0 Å². The Hall–Kier alpha value is -2.57. The van der Waals surface area contributed by atoms with Crippen LogP contribution in [-0.2, 0) is 19.6 Å². The van der Waals surface area contributed by atoms with Gasteiger partial charge >= 0.3 is 5.69 Å². The van der Waals surface area contributed by atoms with E-state index in [1.54, 1.807) is 12.3 Å². The zero-order chi connectivity index (χ0) is 15.4. The molecule has 0 amide bonds. The second kappa shape index (κ2) is 6.25. The highest BCUT2D eigenvalue weighted by Gasteiger charge is 2.04. The molecule has 112 valence electrons. The molecule has 2 rings (SSSR count). The maximum atomic E-state index is 12.0. The summed E-state index contributed by atoms with van der Waals surface area (Å²) in [6, 6.07) is 4.31. The van der Waals surface area contributed by atoms with Crippen molar-refractivity contribution in [3.8, 4) is 0 Å². The summed E-state index contributed by atoms with van der Waals surface area (Å²) in [6.07, 6.45) is 3.54. The zero-order valence-corrected chi connectivity index (χ0v) is 11.9. The van der Waals surface area contributed by atoms with Gasteiger partial charge in [0.2, 0.25) is 0 Å². The SMILES string of the molecule is CCn1ccc(=O)n(CCCn2cc(N)ccc2=O)c1=O. The van der Waals surface area contributed by atoms with Crippen molar-refractivity contribution >= 4 is 5.69 Å². The molecule has 2 aromatic heterocycles. The van der Waals surface area contributed by atoms with E-state index >= 15 is 0 Å². The van der Waals surface area contributed by atoms with E-state index in [2.05, 4.69) is 0 Å². The van der Waals surface area contributed by atoms with Crippen LogP contribution in [0.5, 0.6) is 0 Å². The summed E-state index contributed by atoms with van der Waals surface area (Å²) in [6.45, 7) is 3.01. The number of hydrogen-bond acceptors (Lipinski definition) is 4. The van der Waals surface area contributed by atoms with Crippen molar-refractivity contribution < 1.29 is 0 Å². The highest BCUT2D eigenvalue weighted by molar-refractivity contribution is 5.33. The zero-order valence-electron chi connectivity index (χ0n) is 11.9. The van der Waals surface area contributed by atoms with Gasteiger partial charge in [0.05, 0.1) is 0 Å². The van der Waals surface area contributed by atoms with Crippen LogP contribution < -0.4 is 22.5 Å². The Morgan fingerprint density at radius 2 is 1.76 bits per heavy atom. The first-order valence-corrected chi connectivity index (χ1v) is 6.79. The molecule has 0 radical (unpaired) electrons. The minimum Gasteiger partial charge on any atom is -0.398 e. The van der Waals surface area contributed by atoms with Gasteiger partial charge in [-0.05, 0) is 19.4 Å². The van der Waals surface area contributed by atoms with Crippen molar-refractivity contribution in [3.63, 3.8) is 0 Å². The molecule has 21 heavy (non-hydrogen) atoms. The molecular weight excluding hydrogens is 272 g/mol. The molecule has 2 heterocycles. The van der Waals surface area contributed by atoms with E-state index in [4.69, 9.17) is 5.73 Å². The Kier molecular flexibility index (Phi) is 4.42. The number of anilines is 1. The predicted molar refractivity (Wildman–Crippen MR) is 80.4 cm³/mol. The maximum Gasteiger partial charge on any atom is 0.330 e. The number of nitrogens with two attached hydrogens (primary N) is 1. The lowest BCUT2D eigenvalue weighted by molar-refractivity contribution is 0.505. The van der Waals surface area contributed by atoms with E-state index < -0.39 is 0 Å². The fraction of sp³-hybridized carbons (Fsp3) is 0.357. The van der Waals surface area contributed by atoms with E-state index in [0.29, 0.717) is 25.2 Å². The summed E-state index contributed by atoms with van der Waals surface area (Å²) >= 11 is 0. The van der Waals surface area contributed by atoms with Gasteiger partial charge in [0.15, 0.2) is 0 Å². The van der Waals surface area contributed by atoms with Crippen LogP contribution in [-0.4, -0.2) is 13.7 Å². The summed E-state index contributed by atoms with van der Waals surface area (Å²) < 4.78 is 4.12. The average molecular weight is 290 g/mol. The van der Waals surface area contributed by atoms with Crippen molar-refractivity contribution in [1.29, 1.82) is 0 Å². The Labute approximate surface area is 120 Å². The number of aryl methyl sites for hydroxylation is 2. The van der Waals surface area contributed by atoms with Crippen molar-refractivity contribution in [2.45, 2.75) is 33.0 Å². The second-order valence-corrected chi connectivity index (χ2v) is 4.72. The molecule has 0 atom stereocenters. The molecule has 7 heteroatoms. The summed E-state index contributed by atoms with van der Waals surface area (Å²) in [5, 5.41) is 0. The number of hydrogen-bond donors (Lipinski definition) is 1. The minimum atomic E-state index is -0.329. The molecule has 0 unspecified atom stereocenters. The van der Waals surface area contributed by atoms with E-state index in [9.17, 15) is 14.4 Å². The summed E-state index contributed by atoms with van der Waals surface area (Å²) in [5.41, 5.74) is 5.31. The number of aromatic nitrogens is 3. The third-order valence-corrected chi connectivity index (χ3v) is 3.27. The summed E-state index contributed by atoms with van der Waals surface area (Å²) in [5.74, 6) is 0. The number of nitrogens with zero attached hydrogens (tertiary/aromatic N) is 3. The first-order chi connectivity index (χ1) is 10.0. The van der Waals surface area contributed by atoms with Gasteiger partial charge < -0.3 is 14.9 Å². The first-order valence-electron chi connectivity index (χ1n) is 6.79.